The van der Waals surface area contributed by atoms with Crippen LogP contribution in [0.15, 0.2) is 48.7 Å². The van der Waals surface area contributed by atoms with Gasteiger partial charge >= 0.3 is 0 Å². The van der Waals surface area contributed by atoms with Gasteiger partial charge in [-0.3, -0.25) is 14.7 Å². The average molecular weight is 399 g/mol. The van der Waals surface area contributed by atoms with Crippen molar-refractivity contribution in [3.05, 3.63) is 70.9 Å². The second kappa shape index (κ2) is 8.13. The maximum atomic E-state index is 12.2. The molecule has 0 saturated carbocycles. The number of rotatable bonds is 4. The van der Waals surface area contributed by atoms with Crippen molar-refractivity contribution in [2.24, 2.45) is 5.73 Å². The largest absolute Gasteiger partial charge is 0.368 e. The minimum atomic E-state index is -0.442. The lowest BCUT2D eigenvalue weighted by atomic mass is 10.0. The van der Waals surface area contributed by atoms with Gasteiger partial charge in [0.2, 0.25) is 5.91 Å². The fourth-order valence-electron chi connectivity index (χ4n) is 4.46. The highest BCUT2D eigenvalue weighted by Gasteiger charge is 2.30. The molecule has 6 nitrogen and oxygen atoms in total. The van der Waals surface area contributed by atoms with Crippen LogP contribution in [0.1, 0.15) is 28.3 Å². The third kappa shape index (κ3) is 3.60. The summed E-state index contributed by atoms with van der Waals surface area (Å²) in [6.07, 6.45) is 1.67. The number of benzene rings is 2. The molecule has 1 aliphatic rings. The van der Waals surface area contributed by atoms with Crippen molar-refractivity contribution in [1.82, 2.24) is 9.88 Å². The van der Waals surface area contributed by atoms with E-state index in [-0.39, 0.29) is 5.91 Å². The van der Waals surface area contributed by atoms with Crippen LogP contribution < -0.4 is 10.6 Å². The Balaban J connectivity index is 1.65. The number of nitrogens with two attached hydrogens (primary N) is 1. The van der Waals surface area contributed by atoms with E-state index in [1.165, 1.54) is 0 Å². The topological polar surface area (TPSA) is 86.2 Å². The van der Waals surface area contributed by atoms with Crippen molar-refractivity contribution in [2.75, 3.05) is 31.1 Å². The molecule has 1 amide bonds. The molecule has 1 saturated heterocycles. The molecule has 1 aliphatic heterocycles. The number of carbonyl (C=O) groups is 1. The molecule has 1 atom stereocenters. The zero-order valence-corrected chi connectivity index (χ0v) is 17.3. The number of aryl methyl sites for hydroxylation is 2. The number of primary amides is 1. The molecule has 4 rings (SSSR count). The first kappa shape index (κ1) is 19.9. The van der Waals surface area contributed by atoms with Crippen molar-refractivity contribution >= 4 is 22.5 Å². The molecular formula is C24H25N5O. The zero-order chi connectivity index (χ0) is 21.3. The molecule has 0 aliphatic carbocycles. The number of nitrogens with zero attached hydrogens (tertiary/aromatic N) is 4. The quantitative estimate of drug-likeness (QED) is 0.729. The van der Waals surface area contributed by atoms with Gasteiger partial charge in [-0.2, -0.15) is 5.26 Å². The molecule has 2 heterocycles. The number of amides is 1. The van der Waals surface area contributed by atoms with Crippen molar-refractivity contribution in [2.45, 2.75) is 19.9 Å². The van der Waals surface area contributed by atoms with Gasteiger partial charge < -0.3 is 10.6 Å². The number of hydrogen-bond donors (Lipinski definition) is 1. The summed E-state index contributed by atoms with van der Waals surface area (Å²) in [5, 5.41) is 10.7. The predicted molar refractivity (Wildman–Crippen MR) is 118 cm³/mol. The molecule has 152 valence electrons. The van der Waals surface area contributed by atoms with E-state index in [0.29, 0.717) is 31.7 Å². The summed E-state index contributed by atoms with van der Waals surface area (Å²) in [5.74, 6) is -0.340. The third-order valence-corrected chi connectivity index (χ3v) is 5.78. The van der Waals surface area contributed by atoms with Gasteiger partial charge in [0.25, 0.3) is 0 Å². The molecule has 3 aromatic rings. The standard InChI is InChI=1S/C24H25N5O/c1-16-12-17(2)21-20(13-16)22(19(14-25)15-27-21)28-8-10-29(11-9-28)23(24(26)30)18-6-4-3-5-7-18/h3-7,12-13,15,23H,8-11H2,1-2H3,(H2,26,30). The minimum Gasteiger partial charge on any atom is -0.368 e. The highest BCUT2D eigenvalue weighted by Crippen LogP contribution is 2.33. The lowest BCUT2D eigenvalue weighted by molar-refractivity contribution is -0.123. The summed E-state index contributed by atoms with van der Waals surface area (Å²) in [4.78, 5) is 21.1. The zero-order valence-electron chi connectivity index (χ0n) is 17.3. The summed E-state index contributed by atoms with van der Waals surface area (Å²) in [7, 11) is 0. The first-order valence-corrected chi connectivity index (χ1v) is 10.1. The average Bonchev–Trinajstić information content (AvgIpc) is 2.74. The van der Waals surface area contributed by atoms with Gasteiger partial charge in [-0.05, 0) is 31.0 Å². The van der Waals surface area contributed by atoms with Gasteiger partial charge in [0.1, 0.15) is 12.1 Å². The highest BCUT2D eigenvalue weighted by atomic mass is 16.1. The van der Waals surface area contributed by atoms with Crippen LogP contribution in [0, 0.1) is 25.2 Å². The fraction of sp³-hybridized carbons (Fsp3) is 0.292. The van der Waals surface area contributed by atoms with Crippen molar-refractivity contribution in [1.29, 1.82) is 5.26 Å². The molecule has 0 bridgehead atoms. The fourth-order valence-corrected chi connectivity index (χ4v) is 4.46. The van der Waals surface area contributed by atoms with E-state index >= 15 is 0 Å². The van der Waals surface area contributed by atoms with Crippen LogP contribution in [0.4, 0.5) is 5.69 Å². The summed E-state index contributed by atoms with van der Waals surface area (Å²) in [6.45, 7) is 6.89. The van der Waals surface area contributed by atoms with E-state index in [1.54, 1.807) is 6.20 Å². The minimum absolute atomic E-state index is 0.340. The van der Waals surface area contributed by atoms with E-state index in [0.717, 1.165) is 33.3 Å². The Morgan fingerprint density at radius 1 is 1.13 bits per heavy atom. The monoisotopic (exact) mass is 399 g/mol. The number of carbonyl (C=O) groups excluding carboxylic acids is 1. The van der Waals surface area contributed by atoms with E-state index in [1.807, 2.05) is 37.3 Å². The summed E-state index contributed by atoms with van der Waals surface area (Å²) in [5.41, 5.74) is 11.4. The second-order valence-electron chi connectivity index (χ2n) is 7.85. The SMILES string of the molecule is Cc1cc(C)c2ncc(C#N)c(N3CCN(C(C(N)=O)c4ccccc4)CC3)c2c1. The number of piperazine rings is 1. The lowest BCUT2D eigenvalue weighted by Crippen LogP contribution is -2.50. The van der Waals surface area contributed by atoms with Crippen LogP contribution in [-0.2, 0) is 4.79 Å². The predicted octanol–water partition coefficient (Wildman–Crippen LogP) is 3.07. The smallest absolute Gasteiger partial charge is 0.239 e. The maximum absolute atomic E-state index is 12.2. The Hall–Kier alpha value is -3.43. The van der Waals surface area contributed by atoms with Crippen molar-refractivity contribution < 1.29 is 4.79 Å². The van der Waals surface area contributed by atoms with Gasteiger partial charge in [0, 0.05) is 37.8 Å². The Labute approximate surface area is 176 Å². The van der Waals surface area contributed by atoms with Gasteiger partial charge in [-0.1, -0.05) is 42.0 Å². The highest BCUT2D eigenvalue weighted by molar-refractivity contribution is 5.96. The van der Waals surface area contributed by atoms with Crippen LogP contribution in [0.2, 0.25) is 0 Å². The van der Waals surface area contributed by atoms with Crippen LogP contribution in [0.3, 0.4) is 0 Å². The van der Waals surface area contributed by atoms with Gasteiger partial charge in [0.05, 0.1) is 16.8 Å². The molecule has 6 heteroatoms. The normalized spacial score (nSPS) is 15.7. The summed E-state index contributed by atoms with van der Waals surface area (Å²) < 4.78 is 0. The first-order valence-electron chi connectivity index (χ1n) is 10.1. The number of pyridine rings is 1. The van der Waals surface area contributed by atoms with Gasteiger partial charge in [0.15, 0.2) is 0 Å². The summed E-state index contributed by atoms with van der Waals surface area (Å²) in [6, 6.07) is 15.8. The Morgan fingerprint density at radius 2 is 1.83 bits per heavy atom. The molecule has 1 fully saturated rings. The van der Waals surface area contributed by atoms with Crippen LogP contribution in [0.5, 0.6) is 0 Å². The van der Waals surface area contributed by atoms with Crippen LogP contribution in [-0.4, -0.2) is 42.0 Å². The van der Waals surface area contributed by atoms with E-state index < -0.39 is 6.04 Å². The Kier molecular flexibility index (Phi) is 5.39. The maximum Gasteiger partial charge on any atom is 0.239 e. The Bertz CT molecular complexity index is 1130. The second-order valence-corrected chi connectivity index (χ2v) is 7.85. The number of nitriles is 1. The van der Waals surface area contributed by atoms with Crippen LogP contribution in [0.25, 0.3) is 10.9 Å². The van der Waals surface area contributed by atoms with Crippen LogP contribution >= 0.6 is 0 Å². The Morgan fingerprint density at radius 3 is 2.47 bits per heavy atom. The molecular weight excluding hydrogens is 374 g/mol. The summed E-state index contributed by atoms with van der Waals surface area (Å²) >= 11 is 0. The number of fused-ring (bicyclic) bond motifs is 1. The molecule has 0 spiro atoms. The van der Waals surface area contributed by atoms with Crippen molar-refractivity contribution in [3.63, 3.8) is 0 Å². The van der Waals surface area contributed by atoms with E-state index in [2.05, 4.69) is 39.9 Å². The first-order chi connectivity index (χ1) is 14.5. The molecule has 2 aromatic carbocycles. The number of aromatic nitrogens is 1. The molecule has 0 radical (unpaired) electrons. The molecule has 30 heavy (non-hydrogen) atoms. The number of anilines is 1. The van der Waals surface area contributed by atoms with E-state index in [4.69, 9.17) is 5.73 Å². The van der Waals surface area contributed by atoms with Crippen molar-refractivity contribution in [3.8, 4) is 6.07 Å². The van der Waals surface area contributed by atoms with E-state index in [9.17, 15) is 10.1 Å². The molecule has 2 N–H and O–H groups in total. The lowest BCUT2D eigenvalue weighted by Gasteiger charge is -2.39. The van der Waals surface area contributed by atoms with Gasteiger partial charge in [-0.25, -0.2) is 0 Å². The number of hydrogen-bond acceptors (Lipinski definition) is 5. The third-order valence-electron chi connectivity index (χ3n) is 5.78. The molecule has 1 aromatic heterocycles. The van der Waals surface area contributed by atoms with Gasteiger partial charge in [-0.15, -0.1) is 0 Å². The molecule has 1 unspecified atom stereocenters.